The second-order valence-corrected chi connectivity index (χ2v) is 7.64. The minimum Gasteiger partial charge on any atom is -0.494 e. The minimum absolute atomic E-state index is 0.124. The summed E-state index contributed by atoms with van der Waals surface area (Å²) in [4.78, 5) is 38.1. The van der Waals surface area contributed by atoms with Crippen molar-refractivity contribution >= 4 is 17.8 Å². The molecule has 1 aliphatic rings. The maximum Gasteiger partial charge on any atom is 0.300 e. The molecule has 33 heavy (non-hydrogen) atoms. The summed E-state index contributed by atoms with van der Waals surface area (Å²) in [5.41, 5.74) is 0.458. The Labute approximate surface area is 192 Å². The highest BCUT2D eigenvalue weighted by molar-refractivity contribution is 5.95. The van der Waals surface area contributed by atoms with Gasteiger partial charge in [-0.15, -0.1) is 0 Å². The lowest BCUT2D eigenvalue weighted by Crippen LogP contribution is -2.40. The molecule has 2 aromatic rings. The van der Waals surface area contributed by atoms with Crippen molar-refractivity contribution in [2.45, 2.75) is 45.3 Å². The Kier molecular flexibility index (Phi) is 9.80. The average Bonchev–Trinajstić information content (AvgIpc) is 3.33. The van der Waals surface area contributed by atoms with Crippen LogP contribution in [0.4, 0.5) is 0 Å². The predicted octanol–water partition coefficient (Wildman–Crippen LogP) is 0.533. The molecule has 1 aromatic carbocycles. The van der Waals surface area contributed by atoms with Gasteiger partial charge in [0, 0.05) is 38.4 Å². The van der Waals surface area contributed by atoms with Gasteiger partial charge >= 0.3 is 0 Å². The van der Waals surface area contributed by atoms with Gasteiger partial charge in [-0.25, -0.2) is 4.98 Å². The summed E-state index contributed by atoms with van der Waals surface area (Å²) >= 11 is 0. The van der Waals surface area contributed by atoms with Crippen molar-refractivity contribution in [3.05, 3.63) is 42.0 Å². The van der Waals surface area contributed by atoms with Gasteiger partial charge in [0.15, 0.2) is 0 Å². The van der Waals surface area contributed by atoms with Gasteiger partial charge in [-0.3, -0.25) is 19.1 Å². The summed E-state index contributed by atoms with van der Waals surface area (Å²) in [6, 6.07) is 6.42. The van der Waals surface area contributed by atoms with Gasteiger partial charge in [0.25, 0.3) is 11.9 Å². The maximum absolute atomic E-state index is 12.5. The fraction of sp³-hybridized carbons (Fsp3) is 0.500. The van der Waals surface area contributed by atoms with E-state index in [1.54, 1.807) is 36.0 Å². The third kappa shape index (κ3) is 8.19. The van der Waals surface area contributed by atoms with E-state index in [0.717, 1.165) is 12.7 Å². The number of nitrogens with one attached hydrogen (secondary N) is 2. The Hall–Kier alpha value is -3.47. The molecule has 0 aliphatic heterocycles. The number of nitrogens with zero attached hydrogens (tertiary/aromatic N) is 3. The molecule has 0 saturated heterocycles. The first kappa shape index (κ1) is 25.8. The van der Waals surface area contributed by atoms with Crippen molar-refractivity contribution in [1.82, 2.24) is 25.4 Å². The number of hydrogen-bond acceptors (Lipinski definition) is 7. The molecule has 1 aliphatic carbocycles. The molecule has 3 rings (SSSR count). The van der Waals surface area contributed by atoms with Crippen LogP contribution in [-0.4, -0.2) is 68.1 Å². The van der Waals surface area contributed by atoms with Gasteiger partial charge < -0.3 is 25.6 Å². The lowest BCUT2D eigenvalue weighted by molar-refractivity contribution is -0.134. The molecule has 1 fully saturated rings. The zero-order valence-electron chi connectivity index (χ0n) is 19.0. The molecule has 4 N–H and O–H groups in total. The Morgan fingerprint density at radius 1 is 1.27 bits per heavy atom. The molecular weight excluding hydrogens is 430 g/mol. The smallest absolute Gasteiger partial charge is 0.300 e. The molecule has 1 heterocycles. The zero-order chi connectivity index (χ0) is 24.4. The Morgan fingerprint density at radius 2 is 2.00 bits per heavy atom. The van der Waals surface area contributed by atoms with E-state index >= 15 is 0 Å². The number of amides is 2. The number of rotatable bonds is 8. The molecule has 1 saturated carbocycles. The van der Waals surface area contributed by atoms with E-state index < -0.39 is 18.1 Å². The van der Waals surface area contributed by atoms with Gasteiger partial charge in [-0.05, 0) is 38.0 Å². The molecule has 0 bridgehead atoms. The lowest BCUT2D eigenvalue weighted by Gasteiger charge is -2.16. The molecule has 3 atom stereocenters. The Balaban J connectivity index is 0.000000890. The summed E-state index contributed by atoms with van der Waals surface area (Å²) in [5.74, 6) is -0.187. The first-order valence-electron chi connectivity index (χ1n) is 10.7. The molecule has 0 unspecified atom stereocenters. The van der Waals surface area contributed by atoms with Crippen LogP contribution in [0.5, 0.6) is 5.75 Å². The molecule has 1 aromatic heterocycles. The highest BCUT2D eigenvalue weighted by Crippen LogP contribution is 2.27. The molecule has 2 amide bonds. The lowest BCUT2D eigenvalue weighted by atomic mass is 10.1. The Morgan fingerprint density at radius 3 is 2.64 bits per heavy atom. The van der Waals surface area contributed by atoms with Crippen LogP contribution in [0.15, 0.2) is 30.6 Å². The Bertz CT molecular complexity index is 943. The van der Waals surface area contributed by atoms with Crippen molar-refractivity contribution in [2.75, 3.05) is 13.2 Å². The van der Waals surface area contributed by atoms with Crippen LogP contribution in [0.3, 0.4) is 0 Å². The number of hydrogen-bond donors (Lipinski definition) is 4. The molecule has 0 spiro atoms. The van der Waals surface area contributed by atoms with Crippen molar-refractivity contribution in [1.29, 1.82) is 0 Å². The second kappa shape index (κ2) is 12.5. The third-order valence-electron chi connectivity index (χ3n) is 5.08. The number of carbonyl (C=O) groups is 3. The van der Waals surface area contributed by atoms with Gasteiger partial charge in [0.1, 0.15) is 17.9 Å². The highest BCUT2D eigenvalue weighted by Gasteiger charge is 2.37. The van der Waals surface area contributed by atoms with Gasteiger partial charge in [0.05, 0.1) is 18.8 Å². The largest absolute Gasteiger partial charge is 0.494 e. The second-order valence-electron chi connectivity index (χ2n) is 7.64. The van der Waals surface area contributed by atoms with Crippen molar-refractivity contribution < 1.29 is 29.3 Å². The van der Waals surface area contributed by atoms with Crippen LogP contribution in [0.25, 0.3) is 0 Å². The number of ether oxygens (including phenoxy) is 1. The number of aryl methyl sites for hydroxylation is 1. The minimum atomic E-state index is -0.833. The predicted molar refractivity (Wildman–Crippen MR) is 119 cm³/mol. The van der Waals surface area contributed by atoms with Crippen molar-refractivity contribution in [3.63, 3.8) is 0 Å². The SMILES string of the molecule is CC(=O)O.CCOc1cccc(C(=O)N[C@@H]2C[C@H](C(=O)NCCc3ncnn3C)C[C@H]2O)c1. The highest BCUT2D eigenvalue weighted by atomic mass is 16.5. The molecular formula is C22H31N5O6. The van der Waals surface area contributed by atoms with E-state index in [-0.39, 0.29) is 17.7 Å². The van der Waals surface area contributed by atoms with Gasteiger partial charge in [-0.1, -0.05) is 6.07 Å². The number of aromatic nitrogens is 3. The first-order valence-corrected chi connectivity index (χ1v) is 10.7. The van der Waals surface area contributed by atoms with Crippen LogP contribution >= 0.6 is 0 Å². The van der Waals surface area contributed by atoms with E-state index in [2.05, 4.69) is 20.7 Å². The molecule has 180 valence electrons. The normalized spacial score (nSPS) is 19.2. The van der Waals surface area contributed by atoms with Crippen LogP contribution in [0.1, 0.15) is 42.9 Å². The van der Waals surface area contributed by atoms with E-state index in [0.29, 0.717) is 43.7 Å². The van der Waals surface area contributed by atoms with Crippen molar-refractivity contribution in [3.8, 4) is 5.75 Å². The summed E-state index contributed by atoms with van der Waals surface area (Å²) in [5, 5.41) is 27.4. The summed E-state index contributed by atoms with van der Waals surface area (Å²) in [6.07, 6.45) is 2.01. The first-order chi connectivity index (χ1) is 15.7. The number of carboxylic acid groups (broad SMARTS) is 1. The van der Waals surface area contributed by atoms with Crippen LogP contribution < -0.4 is 15.4 Å². The third-order valence-corrected chi connectivity index (χ3v) is 5.08. The monoisotopic (exact) mass is 461 g/mol. The number of aliphatic carboxylic acids is 1. The average molecular weight is 462 g/mol. The number of benzene rings is 1. The maximum atomic E-state index is 12.5. The van der Waals surface area contributed by atoms with Crippen LogP contribution in [0, 0.1) is 5.92 Å². The molecule has 11 heteroatoms. The summed E-state index contributed by atoms with van der Waals surface area (Å²) in [7, 11) is 1.80. The summed E-state index contributed by atoms with van der Waals surface area (Å²) < 4.78 is 7.08. The van der Waals surface area contributed by atoms with Crippen LogP contribution in [0.2, 0.25) is 0 Å². The zero-order valence-corrected chi connectivity index (χ0v) is 19.0. The topological polar surface area (TPSA) is 156 Å². The summed E-state index contributed by atoms with van der Waals surface area (Å²) in [6.45, 7) is 3.92. The van der Waals surface area contributed by atoms with Crippen molar-refractivity contribution in [2.24, 2.45) is 13.0 Å². The van der Waals surface area contributed by atoms with Gasteiger partial charge in [-0.2, -0.15) is 5.10 Å². The number of carbonyl (C=O) groups excluding carboxylic acids is 2. The van der Waals surface area contributed by atoms with Crippen LogP contribution in [-0.2, 0) is 23.1 Å². The van der Waals surface area contributed by atoms with E-state index in [9.17, 15) is 14.7 Å². The quantitative estimate of drug-likeness (QED) is 0.444. The molecule has 11 nitrogen and oxygen atoms in total. The fourth-order valence-electron chi connectivity index (χ4n) is 3.52. The molecule has 0 radical (unpaired) electrons. The van der Waals surface area contributed by atoms with E-state index in [1.807, 2.05) is 6.92 Å². The number of aliphatic hydroxyl groups excluding tert-OH is 1. The van der Waals surface area contributed by atoms with E-state index in [1.165, 1.54) is 6.33 Å². The van der Waals surface area contributed by atoms with E-state index in [4.69, 9.17) is 14.6 Å². The standard InChI is InChI=1S/C20H27N5O4.C2H4O2/c1-3-29-15-6-4-5-13(9-15)20(28)24-16-10-14(11-17(16)26)19(27)21-8-7-18-22-12-23-25(18)2;1-2(3)4/h4-6,9,12,14,16-17,26H,3,7-8,10-11H2,1-2H3,(H,21,27)(H,24,28);1H3,(H,3,4)/t14-,16+,17+;/m0./s1. The number of carboxylic acids is 1. The number of aliphatic hydroxyl groups is 1. The van der Waals surface area contributed by atoms with Gasteiger partial charge in [0.2, 0.25) is 5.91 Å². The fourth-order valence-corrected chi connectivity index (χ4v) is 3.52.